The standard InChI is InChI=1S/C37H54ClN3O3/c1-5-6-7-8-9-10-11-12-13-14-15-16-17-18-19-20-21-22-23-24-35(42)39-29-31-41(4)32-30-40-36(43)37(2,3)44-34-27-25-33(38)26-28-34/h6-7,9-10,12-13,15-16,18-19,21-22,25-28H,5,8,11,14,17,20,23-24,29-32H2,1-4H3,(H,39,42)(H,40,43). The Kier molecular flexibility index (Phi) is 22.0. The molecule has 2 N–H and O–H groups in total. The highest BCUT2D eigenvalue weighted by Gasteiger charge is 2.29. The molecule has 0 fully saturated rings. The van der Waals surface area contributed by atoms with Crippen LogP contribution in [0.2, 0.25) is 5.02 Å². The van der Waals surface area contributed by atoms with Crippen molar-refractivity contribution in [2.45, 2.75) is 77.7 Å². The molecule has 1 rings (SSSR count). The molecule has 6 nitrogen and oxygen atoms in total. The van der Waals surface area contributed by atoms with E-state index in [1.165, 1.54) is 0 Å². The van der Waals surface area contributed by atoms with Gasteiger partial charge in [0.15, 0.2) is 5.60 Å². The predicted molar refractivity (Wildman–Crippen MR) is 187 cm³/mol. The third-order valence-electron chi connectivity index (χ3n) is 6.46. The highest BCUT2D eigenvalue weighted by atomic mass is 35.5. The van der Waals surface area contributed by atoms with Crippen molar-refractivity contribution in [1.29, 1.82) is 0 Å². The molecule has 242 valence electrons. The van der Waals surface area contributed by atoms with E-state index >= 15 is 0 Å². The molecule has 0 aliphatic rings. The van der Waals surface area contributed by atoms with Gasteiger partial charge in [-0.05, 0) is 90.1 Å². The molecule has 0 saturated carbocycles. The minimum absolute atomic E-state index is 0.0485. The van der Waals surface area contributed by atoms with Gasteiger partial charge in [-0.1, -0.05) is 91.4 Å². The number of hydrogen-bond donors (Lipinski definition) is 2. The molecule has 0 saturated heterocycles. The van der Waals surface area contributed by atoms with Crippen molar-refractivity contribution in [3.05, 3.63) is 102 Å². The first kappa shape index (κ1) is 38.7. The van der Waals surface area contributed by atoms with Crippen LogP contribution in [-0.4, -0.2) is 55.5 Å². The van der Waals surface area contributed by atoms with Crippen molar-refractivity contribution in [2.75, 3.05) is 33.2 Å². The maximum atomic E-state index is 12.6. The highest BCUT2D eigenvalue weighted by molar-refractivity contribution is 6.30. The zero-order chi connectivity index (χ0) is 32.3. The second kappa shape index (κ2) is 25.0. The van der Waals surface area contributed by atoms with Gasteiger partial charge in [0.2, 0.25) is 5.91 Å². The fourth-order valence-electron chi connectivity index (χ4n) is 3.86. The fraction of sp³-hybridized carbons (Fsp3) is 0.459. The van der Waals surface area contributed by atoms with Crippen molar-refractivity contribution >= 4 is 23.4 Å². The van der Waals surface area contributed by atoms with Crippen LogP contribution in [0.1, 0.15) is 72.1 Å². The van der Waals surface area contributed by atoms with Crippen LogP contribution in [0.4, 0.5) is 0 Å². The number of benzene rings is 1. The fourth-order valence-corrected chi connectivity index (χ4v) is 3.98. The number of nitrogens with zero attached hydrogens (tertiary/aromatic N) is 1. The van der Waals surface area contributed by atoms with Gasteiger partial charge in [0, 0.05) is 37.6 Å². The van der Waals surface area contributed by atoms with E-state index in [1.54, 1.807) is 38.1 Å². The van der Waals surface area contributed by atoms with Gasteiger partial charge in [0.1, 0.15) is 5.75 Å². The molecule has 0 unspecified atom stereocenters. The van der Waals surface area contributed by atoms with E-state index in [1.807, 2.05) is 7.05 Å². The van der Waals surface area contributed by atoms with Crippen LogP contribution in [0.5, 0.6) is 5.75 Å². The van der Waals surface area contributed by atoms with Gasteiger partial charge < -0.3 is 20.3 Å². The molecule has 7 heteroatoms. The zero-order valence-corrected chi connectivity index (χ0v) is 28.0. The first-order valence-corrected chi connectivity index (χ1v) is 16.2. The summed E-state index contributed by atoms with van der Waals surface area (Å²) in [5, 5.41) is 6.50. The Morgan fingerprint density at radius 2 is 1.20 bits per heavy atom. The molecule has 2 amide bonds. The smallest absolute Gasteiger partial charge is 0.263 e. The summed E-state index contributed by atoms with van der Waals surface area (Å²) in [4.78, 5) is 26.8. The van der Waals surface area contributed by atoms with Crippen LogP contribution >= 0.6 is 11.6 Å². The third kappa shape index (κ3) is 21.4. The lowest BCUT2D eigenvalue weighted by molar-refractivity contribution is -0.134. The van der Waals surface area contributed by atoms with Crippen molar-refractivity contribution < 1.29 is 14.3 Å². The molecular weight excluding hydrogens is 570 g/mol. The number of carbonyl (C=O) groups is 2. The van der Waals surface area contributed by atoms with Crippen molar-refractivity contribution in [1.82, 2.24) is 15.5 Å². The van der Waals surface area contributed by atoms with Gasteiger partial charge in [-0.25, -0.2) is 0 Å². The number of rotatable bonds is 23. The minimum atomic E-state index is -1.01. The summed E-state index contributed by atoms with van der Waals surface area (Å²) in [5.41, 5.74) is -1.01. The maximum Gasteiger partial charge on any atom is 0.263 e. The molecule has 0 heterocycles. The molecule has 44 heavy (non-hydrogen) atoms. The Balaban J connectivity index is 2.04. The summed E-state index contributed by atoms with van der Waals surface area (Å²) >= 11 is 5.91. The van der Waals surface area contributed by atoms with E-state index in [4.69, 9.17) is 16.3 Å². The lowest BCUT2D eigenvalue weighted by Crippen LogP contribution is -2.48. The third-order valence-corrected chi connectivity index (χ3v) is 6.71. The van der Waals surface area contributed by atoms with E-state index in [0.29, 0.717) is 43.4 Å². The van der Waals surface area contributed by atoms with Crippen molar-refractivity contribution in [2.24, 2.45) is 0 Å². The van der Waals surface area contributed by atoms with E-state index in [2.05, 4.69) is 95.4 Å². The predicted octanol–water partition coefficient (Wildman–Crippen LogP) is 8.14. The van der Waals surface area contributed by atoms with Gasteiger partial charge in [0.05, 0.1) is 0 Å². The molecule has 0 aliphatic carbocycles. The number of ether oxygens (including phenoxy) is 1. The number of hydrogen-bond acceptors (Lipinski definition) is 4. The van der Waals surface area contributed by atoms with Gasteiger partial charge in [-0.15, -0.1) is 0 Å². The topological polar surface area (TPSA) is 70.7 Å². The Hall–Kier alpha value is -3.35. The number of amides is 2. The van der Waals surface area contributed by atoms with E-state index < -0.39 is 5.60 Å². The first-order chi connectivity index (χ1) is 21.2. The van der Waals surface area contributed by atoms with E-state index in [-0.39, 0.29) is 11.8 Å². The molecule has 0 bridgehead atoms. The summed E-state index contributed by atoms with van der Waals surface area (Å²) in [5.74, 6) is 0.444. The Morgan fingerprint density at radius 1 is 0.750 bits per heavy atom. The number of nitrogens with one attached hydrogen (secondary N) is 2. The van der Waals surface area contributed by atoms with Crippen molar-refractivity contribution in [3.8, 4) is 5.75 Å². The number of halogens is 1. The average Bonchev–Trinajstić information content (AvgIpc) is 2.99. The van der Waals surface area contributed by atoms with Crippen LogP contribution in [0, 0.1) is 0 Å². The monoisotopic (exact) mass is 623 g/mol. The number of carbonyl (C=O) groups excluding carboxylic acids is 2. The largest absolute Gasteiger partial charge is 0.478 e. The van der Waals surface area contributed by atoms with Gasteiger partial charge >= 0.3 is 0 Å². The van der Waals surface area contributed by atoms with Gasteiger partial charge in [0.25, 0.3) is 5.91 Å². The van der Waals surface area contributed by atoms with Crippen LogP contribution in [0.25, 0.3) is 0 Å². The Morgan fingerprint density at radius 3 is 1.70 bits per heavy atom. The molecule has 1 aromatic rings. The second-order valence-corrected chi connectivity index (χ2v) is 11.4. The van der Waals surface area contributed by atoms with Crippen LogP contribution in [-0.2, 0) is 9.59 Å². The zero-order valence-electron chi connectivity index (χ0n) is 27.3. The first-order valence-electron chi connectivity index (χ1n) is 15.8. The van der Waals surface area contributed by atoms with E-state index in [0.717, 1.165) is 44.9 Å². The SMILES string of the molecule is CCC=CCC=CCC=CCC=CCC=CCC=CCCC(=O)NCCN(C)CCNC(=O)C(C)(C)Oc1ccc(Cl)cc1. The Bertz CT molecular complexity index is 1100. The molecule has 0 aliphatic heterocycles. The van der Waals surface area contributed by atoms with Crippen LogP contribution < -0.4 is 15.4 Å². The van der Waals surface area contributed by atoms with E-state index in [9.17, 15) is 9.59 Å². The summed E-state index contributed by atoms with van der Waals surface area (Å²) in [6.07, 6.45) is 33.2. The molecule has 0 radical (unpaired) electrons. The molecular formula is C37H54ClN3O3. The summed E-state index contributed by atoms with van der Waals surface area (Å²) < 4.78 is 5.82. The summed E-state index contributed by atoms with van der Waals surface area (Å²) in [6, 6.07) is 6.93. The lowest BCUT2D eigenvalue weighted by Gasteiger charge is -2.26. The summed E-state index contributed by atoms with van der Waals surface area (Å²) in [7, 11) is 1.96. The molecule has 0 aromatic heterocycles. The lowest BCUT2D eigenvalue weighted by atomic mass is 10.1. The highest BCUT2D eigenvalue weighted by Crippen LogP contribution is 2.21. The van der Waals surface area contributed by atoms with Gasteiger partial charge in [-0.3, -0.25) is 9.59 Å². The van der Waals surface area contributed by atoms with Crippen LogP contribution in [0.3, 0.4) is 0 Å². The molecule has 1 aromatic carbocycles. The minimum Gasteiger partial charge on any atom is -0.478 e. The van der Waals surface area contributed by atoms with Crippen molar-refractivity contribution in [3.63, 3.8) is 0 Å². The second-order valence-electron chi connectivity index (χ2n) is 10.9. The number of likely N-dealkylation sites (N-methyl/N-ethyl adjacent to an activating group) is 1. The molecule has 0 spiro atoms. The normalized spacial score (nSPS) is 12.7. The van der Waals surface area contributed by atoms with Crippen LogP contribution in [0.15, 0.2) is 97.2 Å². The quantitative estimate of drug-likeness (QED) is 0.121. The van der Waals surface area contributed by atoms with Gasteiger partial charge in [-0.2, -0.15) is 0 Å². The summed E-state index contributed by atoms with van der Waals surface area (Å²) in [6.45, 7) is 8.03. The Labute approximate surface area is 271 Å². The number of allylic oxidation sites excluding steroid dienone is 12. The average molecular weight is 624 g/mol. The molecule has 0 atom stereocenters. The maximum absolute atomic E-state index is 12.6.